The number of aryl methyl sites for hydroxylation is 1. The lowest BCUT2D eigenvalue weighted by atomic mass is 10.1. The minimum absolute atomic E-state index is 0.0628. The van der Waals surface area contributed by atoms with Crippen LogP contribution in [0.5, 0.6) is 0 Å². The normalized spacial score (nSPS) is 19.6. The first-order valence-electron chi connectivity index (χ1n) is 9.51. The fraction of sp³-hybridized carbons (Fsp3) is 0.550. The molecular weight excluding hydrogens is 362 g/mol. The minimum atomic E-state index is -0.829. The van der Waals surface area contributed by atoms with E-state index in [2.05, 4.69) is 0 Å². The third-order valence-electron chi connectivity index (χ3n) is 4.88. The van der Waals surface area contributed by atoms with Gasteiger partial charge < -0.3 is 19.6 Å². The summed E-state index contributed by atoms with van der Waals surface area (Å²) >= 11 is 0. The summed E-state index contributed by atoms with van der Waals surface area (Å²) in [6.45, 7) is 7.40. The number of aliphatic carboxylic acids is 1. The van der Waals surface area contributed by atoms with Gasteiger partial charge in [-0.05, 0) is 44.9 Å². The Balaban J connectivity index is 1.63. The van der Waals surface area contributed by atoms with Crippen molar-refractivity contribution in [1.29, 1.82) is 0 Å². The van der Waals surface area contributed by atoms with Crippen LogP contribution in [0.1, 0.15) is 32.8 Å². The highest BCUT2D eigenvalue weighted by Crippen LogP contribution is 2.27. The highest BCUT2D eigenvalue weighted by Gasteiger charge is 2.42. The maximum atomic E-state index is 12.8. The number of amides is 3. The quantitative estimate of drug-likeness (QED) is 0.855. The van der Waals surface area contributed by atoms with Crippen molar-refractivity contribution >= 4 is 23.8 Å². The van der Waals surface area contributed by atoms with Crippen LogP contribution in [-0.2, 0) is 16.0 Å². The van der Waals surface area contributed by atoms with Crippen molar-refractivity contribution in [2.75, 3.05) is 31.1 Å². The van der Waals surface area contributed by atoms with Crippen LogP contribution in [-0.4, -0.2) is 70.8 Å². The van der Waals surface area contributed by atoms with E-state index >= 15 is 0 Å². The van der Waals surface area contributed by atoms with Gasteiger partial charge >= 0.3 is 18.1 Å². The van der Waals surface area contributed by atoms with Crippen LogP contribution < -0.4 is 4.90 Å². The Bertz CT molecular complexity index is 756. The van der Waals surface area contributed by atoms with Crippen molar-refractivity contribution in [2.45, 2.75) is 45.3 Å². The molecule has 2 saturated heterocycles. The Morgan fingerprint density at radius 1 is 1.14 bits per heavy atom. The number of rotatable bonds is 4. The van der Waals surface area contributed by atoms with Crippen LogP contribution in [0, 0.1) is 0 Å². The molecule has 28 heavy (non-hydrogen) atoms. The van der Waals surface area contributed by atoms with Gasteiger partial charge in [0, 0.05) is 38.3 Å². The van der Waals surface area contributed by atoms with Crippen molar-refractivity contribution in [3.8, 4) is 0 Å². The van der Waals surface area contributed by atoms with Crippen molar-refractivity contribution in [1.82, 2.24) is 9.80 Å². The maximum Gasteiger partial charge on any atom is 0.410 e. The minimum Gasteiger partial charge on any atom is -0.481 e. The third-order valence-corrected chi connectivity index (χ3v) is 4.88. The van der Waals surface area contributed by atoms with Gasteiger partial charge in [0.05, 0.1) is 6.04 Å². The van der Waals surface area contributed by atoms with Gasteiger partial charge in [0.2, 0.25) is 0 Å². The van der Waals surface area contributed by atoms with Gasteiger partial charge in [-0.15, -0.1) is 0 Å². The molecule has 3 rings (SSSR count). The van der Waals surface area contributed by atoms with Crippen LogP contribution in [0.15, 0.2) is 24.3 Å². The number of urea groups is 1. The van der Waals surface area contributed by atoms with Gasteiger partial charge in [-0.2, -0.15) is 0 Å². The second-order valence-electron chi connectivity index (χ2n) is 8.23. The average Bonchev–Trinajstić information content (AvgIpc) is 2.95. The molecule has 8 nitrogen and oxygen atoms in total. The van der Waals surface area contributed by atoms with E-state index in [1.165, 1.54) is 0 Å². The van der Waals surface area contributed by atoms with Gasteiger partial charge in [0.1, 0.15) is 5.60 Å². The highest BCUT2D eigenvalue weighted by molar-refractivity contribution is 5.95. The maximum absolute atomic E-state index is 12.8. The number of fused-ring (bicyclic) bond motifs is 1. The van der Waals surface area contributed by atoms with E-state index in [0.717, 1.165) is 11.3 Å². The standard InChI is InChI=1S/C20H27N3O5/c1-20(2,3)28-19(27)21-10-11-22-16(12-21)13-23(18(22)26)15-7-4-14(5-8-15)6-9-17(24)25/h4-5,7-8,16H,6,9-13H2,1-3H3,(H,24,25). The number of carbonyl (C=O) groups excluding carboxylic acids is 2. The summed E-state index contributed by atoms with van der Waals surface area (Å²) in [4.78, 5) is 41.0. The van der Waals surface area contributed by atoms with Crippen molar-refractivity contribution in [2.24, 2.45) is 0 Å². The topological polar surface area (TPSA) is 90.4 Å². The number of piperazine rings is 1. The number of anilines is 1. The SMILES string of the molecule is CC(C)(C)OC(=O)N1CCN2C(=O)N(c3ccc(CCC(=O)O)cc3)CC2C1. The highest BCUT2D eigenvalue weighted by atomic mass is 16.6. The third kappa shape index (κ3) is 4.55. The molecule has 1 aromatic carbocycles. The lowest BCUT2D eigenvalue weighted by Gasteiger charge is -2.36. The molecule has 1 atom stereocenters. The number of ether oxygens (including phenoxy) is 1. The first kappa shape index (κ1) is 20.0. The van der Waals surface area contributed by atoms with Gasteiger partial charge in [-0.3, -0.25) is 9.69 Å². The fourth-order valence-electron chi connectivity index (χ4n) is 3.51. The molecule has 3 amide bonds. The number of carboxylic acids is 1. The van der Waals surface area contributed by atoms with Gasteiger partial charge in [-0.25, -0.2) is 9.59 Å². The average molecular weight is 389 g/mol. The molecule has 152 valence electrons. The molecule has 2 heterocycles. The molecule has 0 aliphatic carbocycles. The predicted octanol–water partition coefficient (Wildman–Crippen LogP) is 2.57. The Kier molecular flexibility index (Phi) is 5.49. The summed E-state index contributed by atoms with van der Waals surface area (Å²) in [6, 6.07) is 7.27. The molecule has 0 aromatic heterocycles. The molecule has 2 aliphatic rings. The Labute approximate surface area is 164 Å². The van der Waals surface area contributed by atoms with Crippen molar-refractivity contribution in [3.05, 3.63) is 29.8 Å². The number of hydrogen-bond donors (Lipinski definition) is 1. The molecule has 1 unspecified atom stereocenters. The fourth-order valence-corrected chi connectivity index (χ4v) is 3.51. The summed E-state index contributed by atoms with van der Waals surface area (Å²) in [5.41, 5.74) is 1.16. The van der Waals surface area contributed by atoms with Crippen LogP contribution >= 0.6 is 0 Å². The Morgan fingerprint density at radius 2 is 1.82 bits per heavy atom. The second kappa shape index (κ2) is 7.69. The summed E-state index contributed by atoms with van der Waals surface area (Å²) in [7, 11) is 0. The monoisotopic (exact) mass is 389 g/mol. The van der Waals surface area contributed by atoms with Crippen molar-refractivity contribution in [3.63, 3.8) is 0 Å². The van der Waals surface area contributed by atoms with Crippen molar-refractivity contribution < 1.29 is 24.2 Å². The number of carbonyl (C=O) groups is 3. The van der Waals surface area contributed by atoms with Gasteiger partial charge in [0.15, 0.2) is 0 Å². The number of benzene rings is 1. The first-order valence-corrected chi connectivity index (χ1v) is 9.51. The zero-order valence-electron chi connectivity index (χ0n) is 16.6. The molecule has 2 fully saturated rings. The summed E-state index contributed by atoms with van der Waals surface area (Å²) in [6.07, 6.45) is 0.197. The molecule has 2 aliphatic heterocycles. The lowest BCUT2D eigenvalue weighted by molar-refractivity contribution is -0.136. The number of nitrogens with zero attached hydrogens (tertiary/aromatic N) is 3. The Morgan fingerprint density at radius 3 is 2.43 bits per heavy atom. The molecule has 0 saturated carbocycles. The first-order chi connectivity index (χ1) is 13.1. The molecule has 0 radical (unpaired) electrons. The van der Waals surface area contributed by atoms with Gasteiger partial charge in [-0.1, -0.05) is 12.1 Å². The van der Waals surface area contributed by atoms with E-state index in [1.807, 2.05) is 45.0 Å². The van der Waals surface area contributed by atoms with Crippen LogP contribution in [0.4, 0.5) is 15.3 Å². The van der Waals surface area contributed by atoms with E-state index in [9.17, 15) is 14.4 Å². The number of carboxylic acid groups (broad SMARTS) is 1. The molecule has 1 N–H and O–H groups in total. The summed E-state index contributed by atoms with van der Waals surface area (Å²) < 4.78 is 5.45. The second-order valence-corrected chi connectivity index (χ2v) is 8.23. The smallest absolute Gasteiger partial charge is 0.410 e. The zero-order valence-corrected chi connectivity index (χ0v) is 16.6. The van der Waals surface area contributed by atoms with Crippen LogP contribution in [0.25, 0.3) is 0 Å². The molecule has 0 bridgehead atoms. The number of hydrogen-bond acceptors (Lipinski definition) is 4. The summed E-state index contributed by atoms with van der Waals surface area (Å²) in [5.74, 6) is -0.829. The van der Waals surface area contributed by atoms with Crippen LogP contribution in [0.3, 0.4) is 0 Å². The van der Waals surface area contributed by atoms with E-state index < -0.39 is 11.6 Å². The van der Waals surface area contributed by atoms with E-state index in [1.54, 1.807) is 14.7 Å². The molecule has 0 spiro atoms. The van der Waals surface area contributed by atoms with Crippen LogP contribution in [0.2, 0.25) is 0 Å². The summed E-state index contributed by atoms with van der Waals surface area (Å²) in [5, 5.41) is 8.78. The van der Waals surface area contributed by atoms with E-state index in [0.29, 0.717) is 32.6 Å². The zero-order chi connectivity index (χ0) is 20.5. The molecular formula is C20H27N3O5. The van der Waals surface area contributed by atoms with E-state index in [4.69, 9.17) is 9.84 Å². The predicted molar refractivity (Wildman–Crippen MR) is 103 cm³/mol. The Hall–Kier alpha value is -2.77. The lowest BCUT2D eigenvalue weighted by Crippen LogP contribution is -2.54. The van der Waals surface area contributed by atoms with E-state index in [-0.39, 0.29) is 24.6 Å². The largest absolute Gasteiger partial charge is 0.481 e. The van der Waals surface area contributed by atoms with Gasteiger partial charge in [0.25, 0.3) is 0 Å². The molecule has 8 heteroatoms. The molecule has 1 aromatic rings.